The second-order valence-electron chi connectivity index (χ2n) is 2.55. The van der Waals surface area contributed by atoms with E-state index in [4.69, 9.17) is 4.74 Å². The van der Waals surface area contributed by atoms with Gasteiger partial charge >= 0.3 is 0 Å². The Morgan fingerprint density at radius 1 is 1.57 bits per heavy atom. The summed E-state index contributed by atoms with van der Waals surface area (Å²) >= 11 is 2.86. The monoisotopic (exact) mass is 264 g/mol. The van der Waals surface area contributed by atoms with Gasteiger partial charge in [-0.25, -0.2) is 8.78 Å². The molecule has 0 unspecified atom stereocenters. The molecular formula is C9H7BrF2O2. The maximum Gasteiger partial charge on any atom is 0.176 e. The molecule has 0 aromatic heterocycles. The Labute approximate surface area is 88.0 Å². The second-order valence-corrected chi connectivity index (χ2v) is 3.34. The summed E-state index contributed by atoms with van der Waals surface area (Å²) in [5, 5.41) is 0. The van der Waals surface area contributed by atoms with Crippen LogP contribution in [0.15, 0.2) is 10.5 Å². The van der Waals surface area contributed by atoms with Gasteiger partial charge in [0.15, 0.2) is 11.6 Å². The molecular weight excluding hydrogens is 258 g/mol. The topological polar surface area (TPSA) is 26.3 Å². The van der Waals surface area contributed by atoms with Crippen molar-refractivity contribution in [2.24, 2.45) is 0 Å². The number of rotatable bonds is 3. The largest absolute Gasteiger partial charge is 0.495 e. The second kappa shape index (κ2) is 4.50. The van der Waals surface area contributed by atoms with Gasteiger partial charge in [-0.3, -0.25) is 0 Å². The quantitative estimate of drug-likeness (QED) is 0.620. The normalized spacial score (nSPS) is 10.0. The van der Waals surface area contributed by atoms with Gasteiger partial charge in [0, 0.05) is 12.0 Å². The van der Waals surface area contributed by atoms with Crippen LogP contribution in [0.4, 0.5) is 8.78 Å². The van der Waals surface area contributed by atoms with E-state index in [9.17, 15) is 13.6 Å². The van der Waals surface area contributed by atoms with Crippen LogP contribution in [0.2, 0.25) is 0 Å². The Balaban J connectivity index is 3.35. The van der Waals surface area contributed by atoms with Crippen molar-refractivity contribution in [3.8, 4) is 5.75 Å². The summed E-state index contributed by atoms with van der Waals surface area (Å²) in [5.41, 5.74) is 0.313. The first kappa shape index (κ1) is 11.1. The zero-order chi connectivity index (χ0) is 10.7. The van der Waals surface area contributed by atoms with E-state index in [1.165, 1.54) is 7.11 Å². The van der Waals surface area contributed by atoms with Gasteiger partial charge in [0.25, 0.3) is 0 Å². The van der Waals surface area contributed by atoms with Crippen LogP contribution in [-0.2, 0) is 11.2 Å². The zero-order valence-electron chi connectivity index (χ0n) is 7.31. The molecule has 1 aromatic carbocycles. The molecule has 0 heterocycles. The lowest BCUT2D eigenvalue weighted by Gasteiger charge is -2.09. The summed E-state index contributed by atoms with van der Waals surface area (Å²) in [7, 11) is 1.33. The molecule has 1 rings (SSSR count). The molecule has 0 aliphatic rings. The summed E-state index contributed by atoms with van der Waals surface area (Å²) in [5.74, 6) is -1.87. The Kier molecular flexibility index (Phi) is 3.57. The lowest BCUT2D eigenvalue weighted by atomic mass is 10.1. The molecule has 0 radical (unpaired) electrons. The van der Waals surface area contributed by atoms with Gasteiger partial charge in [0.1, 0.15) is 12.0 Å². The summed E-state index contributed by atoms with van der Waals surface area (Å²) in [6.07, 6.45) is 0.584. The lowest BCUT2D eigenvalue weighted by molar-refractivity contribution is -0.107. The molecule has 5 heteroatoms. The molecule has 14 heavy (non-hydrogen) atoms. The molecule has 0 atom stereocenters. The molecule has 1 aromatic rings. The van der Waals surface area contributed by atoms with Crippen LogP contribution < -0.4 is 4.74 Å². The predicted molar refractivity (Wildman–Crippen MR) is 50.4 cm³/mol. The van der Waals surface area contributed by atoms with Gasteiger partial charge < -0.3 is 9.53 Å². The fourth-order valence-corrected chi connectivity index (χ4v) is 1.70. The highest BCUT2D eigenvalue weighted by atomic mass is 79.9. The van der Waals surface area contributed by atoms with Crippen LogP contribution in [-0.4, -0.2) is 13.4 Å². The summed E-state index contributed by atoms with van der Waals surface area (Å²) in [6.45, 7) is 0. The van der Waals surface area contributed by atoms with Gasteiger partial charge in [0.2, 0.25) is 0 Å². The number of methoxy groups -OCH3 is 1. The van der Waals surface area contributed by atoms with Crippen LogP contribution in [0, 0.1) is 11.6 Å². The van der Waals surface area contributed by atoms with Crippen molar-refractivity contribution in [3.63, 3.8) is 0 Å². The van der Waals surface area contributed by atoms with Crippen molar-refractivity contribution >= 4 is 22.2 Å². The fourth-order valence-electron chi connectivity index (χ4n) is 1.09. The van der Waals surface area contributed by atoms with Crippen molar-refractivity contribution in [3.05, 3.63) is 27.7 Å². The number of hydrogen-bond donors (Lipinski definition) is 0. The zero-order valence-corrected chi connectivity index (χ0v) is 8.90. The van der Waals surface area contributed by atoms with Gasteiger partial charge in [-0.15, -0.1) is 0 Å². The van der Waals surface area contributed by atoms with Gasteiger partial charge in [-0.05, 0) is 22.0 Å². The molecule has 76 valence electrons. The van der Waals surface area contributed by atoms with E-state index in [0.29, 0.717) is 11.8 Å². The number of hydrogen-bond acceptors (Lipinski definition) is 2. The van der Waals surface area contributed by atoms with Crippen molar-refractivity contribution in [2.45, 2.75) is 6.42 Å². The van der Waals surface area contributed by atoms with Gasteiger partial charge in [-0.2, -0.15) is 0 Å². The molecule has 0 amide bonds. The first-order chi connectivity index (χ1) is 6.61. The average Bonchev–Trinajstić information content (AvgIpc) is 2.16. The molecule has 0 fully saturated rings. The average molecular weight is 265 g/mol. The number of aldehydes is 1. The molecule has 2 nitrogen and oxygen atoms in total. The SMILES string of the molecule is COc1c(CC=O)cc(F)c(F)c1Br. The Morgan fingerprint density at radius 2 is 2.21 bits per heavy atom. The van der Waals surface area contributed by atoms with Crippen LogP contribution in [0.25, 0.3) is 0 Å². The summed E-state index contributed by atoms with van der Waals surface area (Å²) < 4.78 is 30.7. The highest BCUT2D eigenvalue weighted by Crippen LogP contribution is 2.33. The Hall–Kier alpha value is -0.970. The number of ether oxygens (including phenoxy) is 1. The molecule has 0 spiro atoms. The molecule has 0 bridgehead atoms. The third-order valence-electron chi connectivity index (χ3n) is 1.70. The standard InChI is InChI=1S/C9H7BrF2O2/c1-14-9-5(2-3-13)4-6(11)8(12)7(9)10/h3-4H,2H2,1H3. The third kappa shape index (κ3) is 1.92. The fraction of sp³-hybridized carbons (Fsp3) is 0.222. The predicted octanol–water partition coefficient (Wildman–Crippen LogP) is 2.48. The van der Waals surface area contributed by atoms with Crippen LogP contribution >= 0.6 is 15.9 Å². The summed E-state index contributed by atoms with van der Waals surface area (Å²) in [6, 6.07) is 0.952. The van der Waals surface area contributed by atoms with Crippen molar-refractivity contribution < 1.29 is 18.3 Å². The van der Waals surface area contributed by atoms with Crippen molar-refractivity contribution in [1.29, 1.82) is 0 Å². The van der Waals surface area contributed by atoms with Crippen molar-refractivity contribution in [2.75, 3.05) is 7.11 Å². The minimum absolute atomic E-state index is 0.0149. The Bertz CT molecular complexity index is 366. The number of carbonyl (C=O) groups excluding carboxylic acids is 1. The molecule has 0 saturated carbocycles. The van der Waals surface area contributed by atoms with E-state index in [0.717, 1.165) is 6.07 Å². The minimum Gasteiger partial charge on any atom is -0.495 e. The number of carbonyl (C=O) groups is 1. The summed E-state index contributed by atoms with van der Waals surface area (Å²) in [4.78, 5) is 10.3. The maximum atomic E-state index is 13.0. The Morgan fingerprint density at radius 3 is 2.71 bits per heavy atom. The van der Waals surface area contributed by atoms with Crippen LogP contribution in [0.1, 0.15) is 5.56 Å². The van der Waals surface area contributed by atoms with Crippen molar-refractivity contribution in [1.82, 2.24) is 0 Å². The van der Waals surface area contributed by atoms with Crippen LogP contribution in [0.3, 0.4) is 0 Å². The van der Waals surface area contributed by atoms with E-state index in [1.807, 2.05) is 0 Å². The molecule has 0 aliphatic carbocycles. The van der Waals surface area contributed by atoms with E-state index in [2.05, 4.69) is 15.9 Å². The molecule has 0 N–H and O–H groups in total. The first-order valence-corrected chi connectivity index (χ1v) is 4.55. The van der Waals surface area contributed by atoms with Gasteiger partial charge in [-0.1, -0.05) is 0 Å². The molecule has 0 saturated heterocycles. The van der Waals surface area contributed by atoms with Crippen LogP contribution in [0.5, 0.6) is 5.75 Å². The first-order valence-electron chi connectivity index (χ1n) is 3.75. The highest BCUT2D eigenvalue weighted by Gasteiger charge is 2.16. The van der Waals surface area contributed by atoms with E-state index in [1.54, 1.807) is 0 Å². The van der Waals surface area contributed by atoms with E-state index >= 15 is 0 Å². The van der Waals surface area contributed by atoms with E-state index in [-0.39, 0.29) is 16.6 Å². The third-order valence-corrected chi connectivity index (χ3v) is 2.41. The smallest absolute Gasteiger partial charge is 0.176 e. The lowest BCUT2D eigenvalue weighted by Crippen LogP contribution is -1.99. The van der Waals surface area contributed by atoms with E-state index < -0.39 is 11.6 Å². The van der Waals surface area contributed by atoms with Gasteiger partial charge in [0.05, 0.1) is 11.6 Å². The molecule has 0 aliphatic heterocycles. The highest BCUT2D eigenvalue weighted by molar-refractivity contribution is 9.10. The maximum absolute atomic E-state index is 13.0. The minimum atomic E-state index is -1.02. The number of benzene rings is 1. The number of halogens is 3.